The van der Waals surface area contributed by atoms with E-state index >= 15 is 0 Å². The summed E-state index contributed by atoms with van der Waals surface area (Å²) in [6.07, 6.45) is 0.737. The molecular formula is C19H22O3. The molecule has 2 aromatic rings. The zero-order valence-electron chi connectivity index (χ0n) is 12.9. The second kappa shape index (κ2) is 6.77. The van der Waals surface area contributed by atoms with Crippen molar-refractivity contribution in [2.24, 2.45) is 5.92 Å². The predicted octanol–water partition coefficient (Wildman–Crippen LogP) is 3.44. The number of hydrogen-bond donors (Lipinski definition) is 2. The molecular weight excluding hydrogens is 276 g/mol. The highest BCUT2D eigenvalue weighted by Gasteiger charge is 2.37. The van der Waals surface area contributed by atoms with E-state index in [0.29, 0.717) is 5.56 Å². The zero-order valence-corrected chi connectivity index (χ0v) is 12.9. The number of aliphatic hydroxyl groups is 2. The molecule has 2 rings (SSSR count). The van der Waals surface area contributed by atoms with Crippen LogP contribution >= 0.6 is 0 Å². The van der Waals surface area contributed by atoms with Gasteiger partial charge in [0.2, 0.25) is 0 Å². The molecule has 0 aliphatic carbocycles. The molecule has 0 fully saturated rings. The maximum atomic E-state index is 10.9. The van der Waals surface area contributed by atoms with Gasteiger partial charge in [-0.05, 0) is 30.2 Å². The molecule has 0 aliphatic rings. The van der Waals surface area contributed by atoms with Crippen molar-refractivity contribution in [1.29, 1.82) is 0 Å². The first kappa shape index (κ1) is 16.3. The van der Waals surface area contributed by atoms with Gasteiger partial charge in [0.1, 0.15) is 5.75 Å². The van der Waals surface area contributed by atoms with Gasteiger partial charge in [0.15, 0.2) is 0 Å². The Morgan fingerprint density at radius 3 is 2.18 bits per heavy atom. The van der Waals surface area contributed by atoms with Crippen LogP contribution in [0, 0.1) is 5.92 Å². The molecule has 0 amide bonds. The SMILES string of the molecule is C=C[C@@H]([C@H](O)c1ccc(OC)cc1)[C@](C)(O)c1ccccc1. The Balaban J connectivity index is 2.31. The average Bonchev–Trinajstić information content (AvgIpc) is 2.56. The monoisotopic (exact) mass is 298 g/mol. The molecule has 0 unspecified atom stereocenters. The first-order chi connectivity index (χ1) is 10.5. The van der Waals surface area contributed by atoms with E-state index in [1.807, 2.05) is 30.3 Å². The molecule has 0 spiro atoms. The van der Waals surface area contributed by atoms with Crippen LogP contribution in [0.2, 0.25) is 0 Å². The smallest absolute Gasteiger partial charge is 0.118 e. The van der Waals surface area contributed by atoms with E-state index in [1.54, 1.807) is 44.4 Å². The molecule has 0 saturated carbocycles. The highest BCUT2D eigenvalue weighted by molar-refractivity contribution is 5.31. The summed E-state index contributed by atoms with van der Waals surface area (Å²) in [5.41, 5.74) is 0.233. The fourth-order valence-electron chi connectivity index (χ4n) is 2.64. The number of ether oxygens (including phenoxy) is 1. The Bertz CT molecular complexity index is 602. The van der Waals surface area contributed by atoms with Gasteiger partial charge in [-0.25, -0.2) is 0 Å². The fraction of sp³-hybridized carbons (Fsp3) is 0.263. The van der Waals surface area contributed by atoms with E-state index in [1.165, 1.54) is 0 Å². The maximum Gasteiger partial charge on any atom is 0.118 e. The van der Waals surface area contributed by atoms with Gasteiger partial charge in [-0.1, -0.05) is 48.5 Å². The van der Waals surface area contributed by atoms with Gasteiger partial charge < -0.3 is 14.9 Å². The molecule has 0 saturated heterocycles. The Kier molecular flexibility index (Phi) is 5.01. The molecule has 22 heavy (non-hydrogen) atoms. The maximum absolute atomic E-state index is 10.9. The van der Waals surface area contributed by atoms with Gasteiger partial charge in [0.25, 0.3) is 0 Å². The van der Waals surface area contributed by atoms with Crippen molar-refractivity contribution in [3.8, 4) is 5.75 Å². The molecule has 3 nitrogen and oxygen atoms in total. The summed E-state index contributed by atoms with van der Waals surface area (Å²) in [6, 6.07) is 16.5. The first-order valence-electron chi connectivity index (χ1n) is 7.23. The lowest BCUT2D eigenvalue weighted by Crippen LogP contribution is -2.34. The molecule has 0 bridgehead atoms. The largest absolute Gasteiger partial charge is 0.497 e. The van der Waals surface area contributed by atoms with Crippen molar-refractivity contribution in [1.82, 2.24) is 0 Å². The normalized spacial score (nSPS) is 16.4. The number of benzene rings is 2. The number of methoxy groups -OCH3 is 1. The van der Waals surface area contributed by atoms with Gasteiger partial charge in [-0.15, -0.1) is 6.58 Å². The summed E-state index contributed by atoms with van der Waals surface area (Å²) in [5.74, 6) is 0.184. The van der Waals surface area contributed by atoms with Crippen molar-refractivity contribution in [3.05, 3.63) is 78.4 Å². The van der Waals surface area contributed by atoms with Crippen LogP contribution in [0.25, 0.3) is 0 Å². The molecule has 0 aromatic heterocycles. The van der Waals surface area contributed by atoms with E-state index in [-0.39, 0.29) is 0 Å². The Morgan fingerprint density at radius 2 is 1.68 bits per heavy atom. The van der Waals surface area contributed by atoms with Crippen LogP contribution in [-0.4, -0.2) is 17.3 Å². The average molecular weight is 298 g/mol. The Labute approximate surface area is 131 Å². The first-order valence-corrected chi connectivity index (χ1v) is 7.23. The number of hydrogen-bond acceptors (Lipinski definition) is 3. The third-order valence-corrected chi connectivity index (χ3v) is 4.06. The quantitative estimate of drug-likeness (QED) is 0.803. The van der Waals surface area contributed by atoms with Crippen LogP contribution in [-0.2, 0) is 5.60 Å². The third-order valence-electron chi connectivity index (χ3n) is 4.06. The summed E-state index contributed by atoms with van der Waals surface area (Å²) >= 11 is 0. The lowest BCUT2D eigenvalue weighted by atomic mass is 9.77. The summed E-state index contributed by atoms with van der Waals surface area (Å²) in [5, 5.41) is 21.6. The summed E-state index contributed by atoms with van der Waals surface area (Å²) in [4.78, 5) is 0. The van der Waals surface area contributed by atoms with Crippen molar-refractivity contribution < 1.29 is 14.9 Å². The Hall–Kier alpha value is -2.10. The van der Waals surface area contributed by atoms with Crippen molar-refractivity contribution in [2.45, 2.75) is 18.6 Å². The number of aliphatic hydroxyl groups excluding tert-OH is 1. The highest BCUT2D eigenvalue weighted by Crippen LogP contribution is 2.38. The molecule has 116 valence electrons. The molecule has 0 radical (unpaired) electrons. The van der Waals surface area contributed by atoms with Crippen LogP contribution in [0.5, 0.6) is 5.75 Å². The van der Waals surface area contributed by atoms with Gasteiger partial charge in [-0.3, -0.25) is 0 Å². The van der Waals surface area contributed by atoms with Gasteiger partial charge in [-0.2, -0.15) is 0 Å². The lowest BCUT2D eigenvalue weighted by molar-refractivity contribution is -0.0432. The molecule has 3 heteroatoms. The number of rotatable bonds is 6. The van der Waals surface area contributed by atoms with Crippen LogP contribution in [0.15, 0.2) is 67.3 Å². The van der Waals surface area contributed by atoms with Crippen molar-refractivity contribution in [2.75, 3.05) is 7.11 Å². The summed E-state index contributed by atoms with van der Waals surface area (Å²) in [6.45, 7) is 5.48. The van der Waals surface area contributed by atoms with Crippen molar-refractivity contribution >= 4 is 0 Å². The molecule has 3 atom stereocenters. The van der Waals surface area contributed by atoms with Crippen LogP contribution in [0.4, 0.5) is 0 Å². The van der Waals surface area contributed by atoms with Crippen LogP contribution in [0.1, 0.15) is 24.2 Å². The summed E-state index contributed by atoms with van der Waals surface area (Å²) in [7, 11) is 1.60. The molecule has 0 aliphatic heterocycles. The van der Waals surface area contributed by atoms with Gasteiger partial charge in [0, 0.05) is 5.92 Å². The molecule has 0 heterocycles. The van der Waals surface area contributed by atoms with E-state index in [4.69, 9.17) is 4.74 Å². The molecule has 2 aromatic carbocycles. The highest BCUT2D eigenvalue weighted by atomic mass is 16.5. The van der Waals surface area contributed by atoms with E-state index < -0.39 is 17.6 Å². The predicted molar refractivity (Wildman–Crippen MR) is 87.7 cm³/mol. The molecule has 2 N–H and O–H groups in total. The second-order valence-corrected chi connectivity index (χ2v) is 5.49. The van der Waals surface area contributed by atoms with Gasteiger partial charge >= 0.3 is 0 Å². The minimum Gasteiger partial charge on any atom is -0.497 e. The third kappa shape index (κ3) is 3.21. The minimum absolute atomic E-state index is 0.539. The Morgan fingerprint density at radius 1 is 1.09 bits per heavy atom. The van der Waals surface area contributed by atoms with E-state index in [9.17, 15) is 10.2 Å². The van der Waals surface area contributed by atoms with Crippen LogP contribution in [0.3, 0.4) is 0 Å². The van der Waals surface area contributed by atoms with E-state index in [0.717, 1.165) is 11.3 Å². The minimum atomic E-state index is -1.22. The fourth-order valence-corrected chi connectivity index (χ4v) is 2.64. The van der Waals surface area contributed by atoms with E-state index in [2.05, 4.69) is 6.58 Å². The standard InChI is InChI=1S/C19H22O3/c1-4-17(19(2,21)15-8-6-5-7-9-15)18(20)14-10-12-16(22-3)13-11-14/h4-13,17-18,20-21H,1H2,2-3H3/t17-,18+,19+/m0/s1. The van der Waals surface area contributed by atoms with Gasteiger partial charge in [0.05, 0.1) is 18.8 Å². The topological polar surface area (TPSA) is 49.7 Å². The van der Waals surface area contributed by atoms with Crippen LogP contribution < -0.4 is 4.74 Å². The van der Waals surface area contributed by atoms with Crippen molar-refractivity contribution in [3.63, 3.8) is 0 Å². The lowest BCUT2D eigenvalue weighted by Gasteiger charge is -2.34. The second-order valence-electron chi connectivity index (χ2n) is 5.49. The zero-order chi connectivity index (χ0) is 16.2. The summed E-state index contributed by atoms with van der Waals surface area (Å²) < 4.78 is 5.12.